The van der Waals surface area contributed by atoms with Gasteiger partial charge in [0.25, 0.3) is 0 Å². The van der Waals surface area contributed by atoms with Crippen LogP contribution in [0.5, 0.6) is 0 Å². The third-order valence-corrected chi connectivity index (χ3v) is 4.83. The minimum absolute atomic E-state index is 0.435. The molecule has 0 unspecified atom stereocenters. The lowest BCUT2D eigenvalue weighted by molar-refractivity contribution is 0.478. The summed E-state index contributed by atoms with van der Waals surface area (Å²) in [5.41, 5.74) is 8.81. The van der Waals surface area contributed by atoms with Crippen LogP contribution >= 0.6 is 0 Å². The highest BCUT2D eigenvalue weighted by Crippen LogP contribution is 2.22. The molecule has 0 heterocycles. The lowest BCUT2D eigenvalue weighted by Gasteiger charge is -2.22. The van der Waals surface area contributed by atoms with E-state index in [0.717, 1.165) is 24.3 Å². The minimum Gasteiger partial charge on any atom is -0.399 e. The van der Waals surface area contributed by atoms with Crippen LogP contribution in [0.25, 0.3) is 0 Å². The second kappa shape index (κ2) is 6.95. The molecule has 0 amide bonds. The molecular formula is C14H25N3O2S. The Morgan fingerprint density at radius 1 is 1.20 bits per heavy atom. The highest BCUT2D eigenvalue weighted by Gasteiger charge is 2.12. The molecule has 0 radical (unpaired) electrons. The molecule has 0 spiro atoms. The SMILES string of the molecule is CCN(CC)c1ccc(N)c(CCN(C)S(C)(=O)=O)c1. The van der Waals surface area contributed by atoms with Crippen molar-refractivity contribution < 1.29 is 8.42 Å². The van der Waals surface area contributed by atoms with Gasteiger partial charge in [-0.15, -0.1) is 0 Å². The molecule has 1 aromatic carbocycles. The van der Waals surface area contributed by atoms with E-state index in [1.807, 2.05) is 12.1 Å². The number of anilines is 2. The first-order valence-corrected chi connectivity index (χ1v) is 8.69. The quantitative estimate of drug-likeness (QED) is 0.776. The molecule has 0 aliphatic carbocycles. The van der Waals surface area contributed by atoms with Crippen molar-refractivity contribution in [3.63, 3.8) is 0 Å². The molecule has 5 nitrogen and oxygen atoms in total. The number of hydrogen-bond acceptors (Lipinski definition) is 4. The fourth-order valence-corrected chi connectivity index (χ4v) is 2.46. The number of likely N-dealkylation sites (N-methyl/N-ethyl adjacent to an activating group) is 1. The van der Waals surface area contributed by atoms with E-state index < -0.39 is 10.0 Å². The Balaban J connectivity index is 2.87. The van der Waals surface area contributed by atoms with Gasteiger partial charge in [-0.2, -0.15) is 0 Å². The van der Waals surface area contributed by atoms with Gasteiger partial charge in [0.05, 0.1) is 6.26 Å². The van der Waals surface area contributed by atoms with Crippen LogP contribution in [0.1, 0.15) is 19.4 Å². The summed E-state index contributed by atoms with van der Waals surface area (Å²) in [5.74, 6) is 0. The summed E-state index contributed by atoms with van der Waals surface area (Å²) in [6.45, 7) is 6.52. The molecule has 0 atom stereocenters. The van der Waals surface area contributed by atoms with Gasteiger partial charge in [0.2, 0.25) is 10.0 Å². The van der Waals surface area contributed by atoms with Gasteiger partial charge in [-0.05, 0) is 44.0 Å². The fraction of sp³-hybridized carbons (Fsp3) is 0.571. The summed E-state index contributed by atoms with van der Waals surface area (Å²) in [4.78, 5) is 2.24. The maximum absolute atomic E-state index is 11.4. The van der Waals surface area contributed by atoms with Crippen molar-refractivity contribution in [2.45, 2.75) is 20.3 Å². The van der Waals surface area contributed by atoms with Crippen LogP contribution in [-0.2, 0) is 16.4 Å². The van der Waals surface area contributed by atoms with Crippen molar-refractivity contribution in [1.82, 2.24) is 4.31 Å². The molecule has 0 aromatic heterocycles. The van der Waals surface area contributed by atoms with Gasteiger partial charge >= 0.3 is 0 Å². The second-order valence-corrected chi connectivity index (χ2v) is 6.98. The van der Waals surface area contributed by atoms with Crippen LogP contribution in [-0.4, -0.2) is 45.7 Å². The second-order valence-electron chi connectivity index (χ2n) is 4.89. The molecule has 114 valence electrons. The molecular weight excluding hydrogens is 274 g/mol. The Hall–Kier alpha value is -1.27. The molecule has 0 fully saturated rings. The molecule has 0 saturated carbocycles. The first-order chi connectivity index (χ1) is 9.29. The maximum Gasteiger partial charge on any atom is 0.210 e. The zero-order chi connectivity index (χ0) is 15.3. The Labute approximate surface area is 122 Å². The first kappa shape index (κ1) is 16.8. The van der Waals surface area contributed by atoms with Gasteiger partial charge in [0, 0.05) is 38.1 Å². The lowest BCUT2D eigenvalue weighted by Crippen LogP contribution is -2.28. The molecule has 1 aromatic rings. The smallest absolute Gasteiger partial charge is 0.210 e. The summed E-state index contributed by atoms with van der Waals surface area (Å²) in [6.07, 6.45) is 1.83. The fourth-order valence-electron chi connectivity index (χ4n) is 2.04. The summed E-state index contributed by atoms with van der Waals surface area (Å²) < 4.78 is 24.1. The predicted molar refractivity (Wildman–Crippen MR) is 85.6 cm³/mol. The first-order valence-electron chi connectivity index (χ1n) is 6.84. The van der Waals surface area contributed by atoms with E-state index in [1.54, 1.807) is 7.05 Å². The third kappa shape index (κ3) is 4.38. The van der Waals surface area contributed by atoms with Gasteiger partial charge in [-0.25, -0.2) is 12.7 Å². The molecule has 2 N–H and O–H groups in total. The van der Waals surface area contributed by atoms with E-state index in [2.05, 4.69) is 24.8 Å². The zero-order valence-electron chi connectivity index (χ0n) is 12.8. The highest BCUT2D eigenvalue weighted by atomic mass is 32.2. The summed E-state index contributed by atoms with van der Waals surface area (Å²) >= 11 is 0. The van der Waals surface area contributed by atoms with Crippen LogP contribution in [0.15, 0.2) is 18.2 Å². The molecule has 0 bridgehead atoms. The van der Waals surface area contributed by atoms with Crippen molar-refractivity contribution >= 4 is 21.4 Å². The van der Waals surface area contributed by atoms with Crippen molar-refractivity contribution in [3.05, 3.63) is 23.8 Å². The van der Waals surface area contributed by atoms with Gasteiger partial charge in [-0.3, -0.25) is 0 Å². The van der Waals surface area contributed by atoms with Crippen LogP contribution in [0, 0.1) is 0 Å². The number of nitrogens with two attached hydrogens (primary N) is 1. The lowest BCUT2D eigenvalue weighted by atomic mass is 10.1. The third-order valence-electron chi connectivity index (χ3n) is 3.52. The number of sulfonamides is 1. The average Bonchev–Trinajstić information content (AvgIpc) is 2.38. The average molecular weight is 299 g/mol. The summed E-state index contributed by atoms with van der Waals surface area (Å²) in [5, 5.41) is 0. The van der Waals surface area contributed by atoms with Crippen molar-refractivity contribution in [1.29, 1.82) is 0 Å². The molecule has 1 rings (SSSR count). The van der Waals surface area contributed by atoms with Crippen LogP contribution in [0.3, 0.4) is 0 Å². The van der Waals surface area contributed by atoms with Gasteiger partial charge in [-0.1, -0.05) is 0 Å². The number of benzene rings is 1. The van der Waals surface area contributed by atoms with E-state index in [-0.39, 0.29) is 0 Å². The van der Waals surface area contributed by atoms with Gasteiger partial charge in [0.1, 0.15) is 0 Å². The van der Waals surface area contributed by atoms with Gasteiger partial charge < -0.3 is 10.6 Å². The Morgan fingerprint density at radius 2 is 1.80 bits per heavy atom. The van der Waals surface area contributed by atoms with Crippen LogP contribution < -0.4 is 10.6 Å². The van der Waals surface area contributed by atoms with E-state index in [1.165, 1.54) is 10.6 Å². The minimum atomic E-state index is -3.14. The summed E-state index contributed by atoms with van der Waals surface area (Å²) in [7, 11) is -1.56. The van der Waals surface area contributed by atoms with E-state index in [0.29, 0.717) is 18.7 Å². The Kier molecular flexibility index (Phi) is 5.83. The number of hydrogen-bond donors (Lipinski definition) is 1. The number of nitrogen functional groups attached to an aromatic ring is 1. The standard InChI is InChI=1S/C14H25N3O2S/c1-5-17(6-2)13-7-8-14(15)12(11-13)9-10-16(3)20(4,18)19/h7-8,11H,5-6,9-10,15H2,1-4H3. The van der Waals surface area contributed by atoms with Crippen LogP contribution in [0.2, 0.25) is 0 Å². The number of nitrogens with zero attached hydrogens (tertiary/aromatic N) is 2. The Morgan fingerprint density at radius 3 is 2.30 bits per heavy atom. The van der Waals surface area contributed by atoms with Crippen molar-refractivity contribution in [2.75, 3.05) is 43.6 Å². The maximum atomic E-state index is 11.4. The molecule has 6 heteroatoms. The molecule has 0 aliphatic rings. The molecule has 0 saturated heterocycles. The van der Waals surface area contributed by atoms with Crippen molar-refractivity contribution in [3.8, 4) is 0 Å². The largest absolute Gasteiger partial charge is 0.399 e. The summed E-state index contributed by atoms with van der Waals surface area (Å²) in [6, 6.07) is 5.95. The van der Waals surface area contributed by atoms with Crippen molar-refractivity contribution in [2.24, 2.45) is 0 Å². The topological polar surface area (TPSA) is 66.6 Å². The number of rotatable bonds is 7. The van der Waals surface area contributed by atoms with Gasteiger partial charge in [0.15, 0.2) is 0 Å². The van der Waals surface area contributed by atoms with Crippen LogP contribution in [0.4, 0.5) is 11.4 Å². The highest BCUT2D eigenvalue weighted by molar-refractivity contribution is 7.88. The van der Waals surface area contributed by atoms with E-state index in [9.17, 15) is 8.42 Å². The van der Waals surface area contributed by atoms with E-state index >= 15 is 0 Å². The molecule has 20 heavy (non-hydrogen) atoms. The van der Waals surface area contributed by atoms with E-state index in [4.69, 9.17) is 5.73 Å². The predicted octanol–water partition coefficient (Wildman–Crippen LogP) is 1.55. The normalized spacial score (nSPS) is 11.8. The monoisotopic (exact) mass is 299 g/mol. The zero-order valence-corrected chi connectivity index (χ0v) is 13.6. The molecule has 0 aliphatic heterocycles. The Bertz CT molecular complexity index is 539.